The van der Waals surface area contributed by atoms with Gasteiger partial charge in [0.2, 0.25) is 5.91 Å². The molecule has 0 aromatic heterocycles. The van der Waals surface area contributed by atoms with Crippen LogP contribution < -0.4 is 5.32 Å². The van der Waals surface area contributed by atoms with Crippen LogP contribution in [0.4, 0.5) is 0 Å². The van der Waals surface area contributed by atoms with Crippen molar-refractivity contribution >= 4 is 11.8 Å². The molecule has 2 amide bonds. The molecule has 1 aromatic carbocycles. The SMILES string of the molecule is CCCNC(CCC)CN1C(=O)Cc2ccccc2C1=O. The lowest BCUT2D eigenvalue weighted by molar-refractivity contribution is -0.128. The van der Waals surface area contributed by atoms with Crippen molar-refractivity contribution in [3.63, 3.8) is 0 Å². The highest BCUT2D eigenvalue weighted by Crippen LogP contribution is 2.20. The number of rotatable bonds is 7. The summed E-state index contributed by atoms with van der Waals surface area (Å²) in [5, 5.41) is 3.44. The van der Waals surface area contributed by atoms with E-state index < -0.39 is 0 Å². The number of nitrogens with one attached hydrogen (secondary N) is 1. The number of fused-ring (bicyclic) bond motifs is 1. The third-order valence-electron chi connectivity index (χ3n) is 3.86. The second-order valence-electron chi connectivity index (χ2n) is 5.58. The Kier molecular flexibility index (Phi) is 5.51. The smallest absolute Gasteiger partial charge is 0.260 e. The van der Waals surface area contributed by atoms with Crippen molar-refractivity contribution in [2.75, 3.05) is 13.1 Å². The third-order valence-corrected chi connectivity index (χ3v) is 3.86. The van der Waals surface area contributed by atoms with Crippen molar-refractivity contribution in [2.45, 2.75) is 45.6 Å². The molecule has 4 nitrogen and oxygen atoms in total. The number of hydrogen-bond donors (Lipinski definition) is 1. The summed E-state index contributed by atoms with van der Waals surface area (Å²) in [5.41, 5.74) is 1.51. The molecule has 1 aromatic rings. The summed E-state index contributed by atoms with van der Waals surface area (Å²) >= 11 is 0. The lowest BCUT2D eigenvalue weighted by Gasteiger charge is -2.30. The van der Waals surface area contributed by atoms with Gasteiger partial charge in [0.05, 0.1) is 6.42 Å². The van der Waals surface area contributed by atoms with Gasteiger partial charge in [-0.15, -0.1) is 0 Å². The Labute approximate surface area is 126 Å². The minimum atomic E-state index is -0.152. The molecule has 1 aliphatic rings. The van der Waals surface area contributed by atoms with Crippen molar-refractivity contribution in [1.29, 1.82) is 0 Å². The minimum absolute atomic E-state index is 0.0851. The summed E-state index contributed by atoms with van der Waals surface area (Å²) in [6.45, 7) is 5.62. The van der Waals surface area contributed by atoms with Crippen LogP contribution in [0.5, 0.6) is 0 Å². The first-order valence-corrected chi connectivity index (χ1v) is 7.83. The average molecular weight is 288 g/mol. The van der Waals surface area contributed by atoms with Crippen LogP contribution >= 0.6 is 0 Å². The van der Waals surface area contributed by atoms with Gasteiger partial charge in [-0.2, -0.15) is 0 Å². The van der Waals surface area contributed by atoms with Crippen molar-refractivity contribution in [3.05, 3.63) is 35.4 Å². The number of imide groups is 1. The van der Waals surface area contributed by atoms with Crippen LogP contribution in [-0.2, 0) is 11.2 Å². The van der Waals surface area contributed by atoms with Crippen LogP contribution in [0.2, 0.25) is 0 Å². The molecule has 0 saturated heterocycles. The van der Waals surface area contributed by atoms with Crippen LogP contribution in [0.15, 0.2) is 24.3 Å². The Hall–Kier alpha value is -1.68. The van der Waals surface area contributed by atoms with E-state index in [0.717, 1.165) is 31.4 Å². The molecule has 0 fully saturated rings. The Morgan fingerprint density at radius 3 is 2.67 bits per heavy atom. The van der Waals surface area contributed by atoms with E-state index in [9.17, 15) is 9.59 Å². The maximum atomic E-state index is 12.5. The first kappa shape index (κ1) is 15.7. The molecule has 0 bridgehead atoms. The monoisotopic (exact) mass is 288 g/mol. The van der Waals surface area contributed by atoms with E-state index >= 15 is 0 Å². The van der Waals surface area contributed by atoms with E-state index in [1.54, 1.807) is 0 Å². The summed E-state index contributed by atoms with van der Waals surface area (Å²) < 4.78 is 0. The van der Waals surface area contributed by atoms with Gasteiger partial charge in [0, 0.05) is 18.2 Å². The molecule has 0 aliphatic carbocycles. The van der Waals surface area contributed by atoms with Crippen LogP contribution in [-0.4, -0.2) is 35.8 Å². The van der Waals surface area contributed by atoms with Crippen LogP contribution in [0.3, 0.4) is 0 Å². The normalized spacial score (nSPS) is 16.0. The van der Waals surface area contributed by atoms with Gasteiger partial charge in [0.25, 0.3) is 5.91 Å². The Morgan fingerprint density at radius 2 is 1.95 bits per heavy atom. The van der Waals surface area contributed by atoms with Crippen molar-refractivity contribution < 1.29 is 9.59 Å². The van der Waals surface area contributed by atoms with E-state index in [4.69, 9.17) is 0 Å². The quantitative estimate of drug-likeness (QED) is 0.784. The van der Waals surface area contributed by atoms with Gasteiger partial charge < -0.3 is 5.32 Å². The fourth-order valence-corrected chi connectivity index (χ4v) is 2.76. The van der Waals surface area contributed by atoms with Crippen molar-refractivity contribution in [1.82, 2.24) is 10.2 Å². The third kappa shape index (κ3) is 3.70. The lowest BCUT2D eigenvalue weighted by Crippen LogP contribution is -2.49. The predicted molar refractivity (Wildman–Crippen MR) is 83.2 cm³/mol. The predicted octanol–water partition coefficient (Wildman–Crippen LogP) is 2.38. The van der Waals surface area contributed by atoms with Gasteiger partial charge in [0.1, 0.15) is 0 Å². The molecule has 2 rings (SSSR count). The molecule has 1 N–H and O–H groups in total. The Bertz CT molecular complexity index is 513. The fraction of sp³-hybridized carbons (Fsp3) is 0.529. The molecule has 0 saturated carbocycles. The summed E-state index contributed by atoms with van der Waals surface area (Å²) in [5.74, 6) is -0.237. The van der Waals surface area contributed by atoms with Crippen LogP contribution in [0, 0.1) is 0 Å². The number of carbonyl (C=O) groups excluding carboxylic acids is 2. The first-order valence-electron chi connectivity index (χ1n) is 7.83. The van der Waals surface area contributed by atoms with Gasteiger partial charge >= 0.3 is 0 Å². The second-order valence-corrected chi connectivity index (χ2v) is 5.58. The summed E-state index contributed by atoms with van der Waals surface area (Å²) in [7, 11) is 0. The maximum absolute atomic E-state index is 12.5. The van der Waals surface area contributed by atoms with Crippen molar-refractivity contribution in [3.8, 4) is 0 Å². The van der Waals surface area contributed by atoms with E-state index in [2.05, 4.69) is 19.2 Å². The summed E-state index contributed by atoms with van der Waals surface area (Å²) in [6, 6.07) is 7.58. The highest BCUT2D eigenvalue weighted by Gasteiger charge is 2.31. The maximum Gasteiger partial charge on any atom is 0.260 e. The van der Waals surface area contributed by atoms with Gasteiger partial charge in [-0.3, -0.25) is 14.5 Å². The highest BCUT2D eigenvalue weighted by atomic mass is 16.2. The lowest BCUT2D eigenvalue weighted by atomic mass is 9.97. The molecule has 0 spiro atoms. The molecular formula is C17H24N2O2. The molecular weight excluding hydrogens is 264 g/mol. The van der Waals surface area contributed by atoms with E-state index in [1.165, 1.54) is 4.90 Å². The number of amides is 2. The molecule has 1 aliphatic heterocycles. The molecule has 1 heterocycles. The number of carbonyl (C=O) groups is 2. The first-order chi connectivity index (χ1) is 10.2. The number of benzene rings is 1. The summed E-state index contributed by atoms with van der Waals surface area (Å²) in [6.07, 6.45) is 3.38. The molecule has 0 radical (unpaired) electrons. The minimum Gasteiger partial charge on any atom is -0.312 e. The zero-order chi connectivity index (χ0) is 15.2. The van der Waals surface area contributed by atoms with Crippen LogP contribution in [0.1, 0.15) is 49.0 Å². The number of nitrogens with zero attached hydrogens (tertiary/aromatic N) is 1. The summed E-state index contributed by atoms with van der Waals surface area (Å²) in [4.78, 5) is 26.2. The number of hydrogen-bond acceptors (Lipinski definition) is 3. The molecule has 1 unspecified atom stereocenters. The van der Waals surface area contributed by atoms with E-state index in [1.807, 2.05) is 24.3 Å². The average Bonchev–Trinajstić information content (AvgIpc) is 2.49. The highest BCUT2D eigenvalue weighted by molar-refractivity contribution is 6.09. The molecule has 21 heavy (non-hydrogen) atoms. The van der Waals surface area contributed by atoms with Gasteiger partial charge in [-0.05, 0) is 31.0 Å². The standard InChI is InChI=1S/C17H24N2O2/c1-3-7-14(18-10-4-2)12-19-16(20)11-13-8-5-6-9-15(13)17(19)21/h5-6,8-9,14,18H,3-4,7,10-12H2,1-2H3. The zero-order valence-electron chi connectivity index (χ0n) is 12.9. The Morgan fingerprint density at radius 1 is 1.19 bits per heavy atom. The Balaban J connectivity index is 2.12. The molecule has 4 heteroatoms. The van der Waals surface area contributed by atoms with Gasteiger partial charge in [0.15, 0.2) is 0 Å². The van der Waals surface area contributed by atoms with Gasteiger partial charge in [-0.1, -0.05) is 38.5 Å². The fourth-order valence-electron chi connectivity index (χ4n) is 2.76. The van der Waals surface area contributed by atoms with Crippen LogP contribution in [0.25, 0.3) is 0 Å². The molecule has 114 valence electrons. The van der Waals surface area contributed by atoms with Gasteiger partial charge in [-0.25, -0.2) is 0 Å². The van der Waals surface area contributed by atoms with Crippen molar-refractivity contribution in [2.24, 2.45) is 0 Å². The largest absolute Gasteiger partial charge is 0.312 e. The second kappa shape index (κ2) is 7.36. The molecule has 1 atom stereocenters. The van der Waals surface area contributed by atoms with E-state index in [0.29, 0.717) is 18.5 Å². The van der Waals surface area contributed by atoms with E-state index in [-0.39, 0.29) is 17.9 Å². The topological polar surface area (TPSA) is 49.4 Å². The zero-order valence-corrected chi connectivity index (χ0v) is 12.9.